The van der Waals surface area contributed by atoms with E-state index >= 15 is 0 Å². The molecular weight excluding hydrogens is 490 g/mol. The van der Waals surface area contributed by atoms with E-state index in [1.165, 1.54) is 7.11 Å². The van der Waals surface area contributed by atoms with Crippen LogP contribution in [-0.4, -0.2) is 42.4 Å². The Hall–Kier alpha value is -3.49. The summed E-state index contributed by atoms with van der Waals surface area (Å²) in [5.41, 5.74) is 1.54. The summed E-state index contributed by atoms with van der Waals surface area (Å²) in [6.45, 7) is 7.39. The van der Waals surface area contributed by atoms with Gasteiger partial charge in [0.05, 0.1) is 23.6 Å². The number of ether oxygens (including phenoxy) is 3. The number of halogens is 1. The highest BCUT2D eigenvalue weighted by molar-refractivity contribution is 8.18. The van der Waals surface area contributed by atoms with Gasteiger partial charge in [0, 0.05) is 5.56 Å². The van der Waals surface area contributed by atoms with E-state index in [0.29, 0.717) is 32.6 Å². The highest BCUT2D eigenvalue weighted by Gasteiger charge is 2.34. The van der Waals surface area contributed by atoms with E-state index in [1.807, 2.05) is 6.07 Å². The number of thioether (sulfide) groups is 1. The zero-order chi connectivity index (χ0) is 25.5. The number of aryl methyl sites for hydroxylation is 1. The minimum atomic E-state index is -0.777. The minimum absolute atomic E-state index is 0.0458. The molecule has 0 radical (unpaired) electrons. The van der Waals surface area contributed by atoms with Gasteiger partial charge in [-0.05, 0) is 49.2 Å². The van der Waals surface area contributed by atoms with Crippen LogP contribution in [0, 0.1) is 6.92 Å². The summed E-state index contributed by atoms with van der Waals surface area (Å²) in [4.78, 5) is 29.9. The molecule has 1 heterocycles. The van der Waals surface area contributed by atoms with Crippen LogP contribution in [0.15, 0.2) is 70.3 Å². The predicted molar refractivity (Wildman–Crippen MR) is 138 cm³/mol. The number of aliphatic imine (C=N–C) groups is 1. The minimum Gasteiger partial charge on any atom is -0.506 e. The fourth-order valence-electron chi connectivity index (χ4n) is 3.21. The summed E-state index contributed by atoms with van der Waals surface area (Å²) in [5, 5.41) is 11.2. The summed E-state index contributed by atoms with van der Waals surface area (Å²) < 4.78 is 16.0. The average Bonchev–Trinajstić information content (AvgIpc) is 3.12. The molecule has 0 atom stereocenters. The number of methoxy groups -OCH3 is 1. The third-order valence-corrected chi connectivity index (χ3v) is 6.14. The Morgan fingerprint density at radius 1 is 1.26 bits per heavy atom. The van der Waals surface area contributed by atoms with Gasteiger partial charge in [-0.15, -0.1) is 0 Å². The molecule has 35 heavy (non-hydrogen) atoms. The maximum Gasteiger partial charge on any atom is 0.344 e. The maximum atomic E-state index is 12.8. The first-order chi connectivity index (χ1) is 16.8. The van der Waals surface area contributed by atoms with Crippen LogP contribution in [0.5, 0.6) is 11.5 Å². The highest BCUT2D eigenvalue weighted by Crippen LogP contribution is 2.42. The van der Waals surface area contributed by atoms with Crippen LogP contribution in [-0.2, 0) is 9.53 Å². The van der Waals surface area contributed by atoms with Crippen molar-refractivity contribution in [2.24, 2.45) is 4.99 Å². The second-order valence-electron chi connectivity index (χ2n) is 7.23. The van der Waals surface area contributed by atoms with E-state index in [9.17, 15) is 14.7 Å². The zero-order valence-electron chi connectivity index (χ0n) is 19.5. The molecule has 0 saturated heterocycles. The number of aliphatic hydroxyl groups excluding tert-OH is 1. The van der Waals surface area contributed by atoms with Crippen molar-refractivity contribution in [1.29, 1.82) is 0 Å². The van der Waals surface area contributed by atoms with Gasteiger partial charge in [0.1, 0.15) is 23.0 Å². The summed E-state index contributed by atoms with van der Waals surface area (Å²) in [6.07, 6.45) is 3.19. The largest absolute Gasteiger partial charge is 0.506 e. The lowest BCUT2D eigenvalue weighted by Gasteiger charge is -2.12. The van der Waals surface area contributed by atoms with Crippen LogP contribution >= 0.6 is 23.4 Å². The highest BCUT2D eigenvalue weighted by atomic mass is 35.5. The molecule has 1 aliphatic heterocycles. The van der Waals surface area contributed by atoms with Crippen LogP contribution in [0.25, 0.3) is 6.08 Å². The molecule has 0 unspecified atom stereocenters. The van der Waals surface area contributed by atoms with Gasteiger partial charge < -0.3 is 19.3 Å². The van der Waals surface area contributed by atoms with E-state index in [4.69, 9.17) is 25.8 Å². The lowest BCUT2D eigenvalue weighted by Crippen LogP contribution is -2.14. The van der Waals surface area contributed by atoms with Crippen molar-refractivity contribution in [3.8, 4) is 11.5 Å². The number of benzene rings is 2. The first kappa shape index (κ1) is 26.1. The van der Waals surface area contributed by atoms with Crippen LogP contribution in [0.4, 0.5) is 0 Å². The number of nitrogens with zero attached hydrogens (tertiary/aromatic N) is 1. The standard InChI is InChI=1S/C26H24ClNO6S/c1-5-11-34-23-18(27)12-16(13-19(23)32-4)14-20-22(29)21(26(31)33-6-2)25(35-20)28-24(30)17-10-8-7-9-15(17)3/h5,7-10,12-14,29H,1,6,11H2,2-4H3/b20-14-,28-25?. The first-order valence-corrected chi connectivity index (χ1v) is 11.8. The Morgan fingerprint density at radius 3 is 2.66 bits per heavy atom. The molecule has 0 aromatic heterocycles. The molecule has 0 bridgehead atoms. The topological polar surface area (TPSA) is 94.4 Å². The Kier molecular flexibility index (Phi) is 8.78. The molecule has 7 nitrogen and oxygen atoms in total. The van der Waals surface area contributed by atoms with Gasteiger partial charge in [0.15, 0.2) is 11.5 Å². The molecule has 1 N–H and O–H groups in total. The SMILES string of the molecule is C=CCOc1c(Cl)cc(/C=C2\SC(=NC(=O)c3ccccc3C)C(C(=O)OCC)=C2O)cc1OC. The monoisotopic (exact) mass is 513 g/mol. The van der Waals surface area contributed by atoms with Gasteiger partial charge >= 0.3 is 5.97 Å². The maximum absolute atomic E-state index is 12.8. The molecule has 0 aliphatic carbocycles. The Morgan fingerprint density at radius 2 is 2.00 bits per heavy atom. The number of rotatable bonds is 8. The fourth-order valence-corrected chi connectivity index (χ4v) is 4.50. The van der Waals surface area contributed by atoms with Crippen LogP contribution in [0.3, 0.4) is 0 Å². The van der Waals surface area contributed by atoms with Crippen molar-refractivity contribution >= 4 is 46.4 Å². The van der Waals surface area contributed by atoms with Gasteiger partial charge in [-0.1, -0.05) is 54.2 Å². The second kappa shape index (κ2) is 11.8. The normalized spacial score (nSPS) is 15.4. The fraction of sp³-hybridized carbons (Fsp3) is 0.192. The van der Waals surface area contributed by atoms with Gasteiger partial charge in [-0.25, -0.2) is 9.79 Å². The van der Waals surface area contributed by atoms with Crippen molar-refractivity contribution < 1.29 is 28.9 Å². The molecule has 9 heteroatoms. The lowest BCUT2D eigenvalue weighted by atomic mass is 10.1. The van der Waals surface area contributed by atoms with Gasteiger partial charge in [0.2, 0.25) is 0 Å². The number of hydrogen-bond acceptors (Lipinski definition) is 7. The molecule has 182 valence electrons. The number of amides is 1. The molecule has 3 rings (SSSR count). The Labute approximate surface area is 212 Å². The van der Waals surface area contributed by atoms with Crippen molar-refractivity contribution in [2.45, 2.75) is 13.8 Å². The molecular formula is C26H24ClNO6S. The first-order valence-electron chi connectivity index (χ1n) is 10.6. The van der Waals surface area contributed by atoms with Crippen LogP contribution in [0.2, 0.25) is 5.02 Å². The zero-order valence-corrected chi connectivity index (χ0v) is 21.0. The van der Waals surface area contributed by atoms with Crippen LogP contribution in [0.1, 0.15) is 28.4 Å². The summed E-state index contributed by atoms with van der Waals surface area (Å²) in [7, 11) is 1.48. The number of hydrogen-bond donors (Lipinski definition) is 1. The van der Waals surface area contributed by atoms with Crippen molar-refractivity contribution in [3.05, 3.63) is 87.0 Å². The smallest absolute Gasteiger partial charge is 0.344 e. The molecule has 2 aromatic rings. The molecule has 1 aliphatic rings. The van der Waals surface area contributed by atoms with E-state index < -0.39 is 11.9 Å². The number of carbonyl (C=O) groups is 2. The van der Waals surface area contributed by atoms with Crippen LogP contribution < -0.4 is 9.47 Å². The van der Waals surface area contributed by atoms with E-state index in [1.54, 1.807) is 56.3 Å². The van der Waals surface area contributed by atoms with Crippen molar-refractivity contribution in [1.82, 2.24) is 0 Å². The quantitative estimate of drug-likeness (QED) is 0.345. The summed E-state index contributed by atoms with van der Waals surface area (Å²) >= 11 is 7.36. The van der Waals surface area contributed by atoms with E-state index in [-0.39, 0.29) is 29.6 Å². The van der Waals surface area contributed by atoms with Gasteiger partial charge in [0.25, 0.3) is 5.91 Å². The number of aliphatic hydroxyl groups is 1. The molecule has 0 saturated carbocycles. The van der Waals surface area contributed by atoms with Crippen molar-refractivity contribution in [2.75, 3.05) is 20.3 Å². The van der Waals surface area contributed by atoms with Crippen molar-refractivity contribution in [3.63, 3.8) is 0 Å². The average molecular weight is 514 g/mol. The van der Waals surface area contributed by atoms with Gasteiger partial charge in [-0.2, -0.15) is 0 Å². The lowest BCUT2D eigenvalue weighted by molar-refractivity contribution is -0.138. The number of esters is 1. The third kappa shape index (κ3) is 5.96. The van der Waals surface area contributed by atoms with E-state index in [2.05, 4.69) is 11.6 Å². The van der Waals surface area contributed by atoms with Gasteiger partial charge in [-0.3, -0.25) is 4.79 Å². The Bertz CT molecular complexity index is 1260. The summed E-state index contributed by atoms with van der Waals surface area (Å²) in [5.74, 6) is -0.914. The molecule has 0 spiro atoms. The predicted octanol–water partition coefficient (Wildman–Crippen LogP) is 5.92. The Balaban J connectivity index is 2.04. The summed E-state index contributed by atoms with van der Waals surface area (Å²) in [6, 6.07) is 10.3. The number of carbonyl (C=O) groups excluding carboxylic acids is 2. The second-order valence-corrected chi connectivity index (χ2v) is 8.66. The molecule has 1 amide bonds. The van der Waals surface area contributed by atoms with E-state index in [0.717, 1.165) is 17.3 Å². The molecule has 2 aromatic carbocycles. The molecule has 0 fully saturated rings. The third-order valence-electron chi connectivity index (χ3n) is 4.84.